The maximum Gasteiger partial charge on any atom is 0.281 e. The lowest BCUT2D eigenvalue weighted by Gasteiger charge is -2.07. The molecule has 0 fully saturated rings. The van der Waals surface area contributed by atoms with Crippen LogP contribution in [0.3, 0.4) is 0 Å². The zero-order chi connectivity index (χ0) is 15.7. The lowest BCUT2D eigenvalue weighted by atomic mass is 10.1. The maximum absolute atomic E-state index is 12.4. The molecule has 0 radical (unpaired) electrons. The van der Waals surface area contributed by atoms with Crippen LogP contribution in [0.15, 0.2) is 53.6 Å². The number of anilines is 1. The lowest BCUT2D eigenvalue weighted by molar-refractivity contribution is 0.102. The first-order valence-corrected chi connectivity index (χ1v) is 6.90. The van der Waals surface area contributed by atoms with Crippen molar-refractivity contribution in [2.75, 3.05) is 5.32 Å². The fraction of sp³-hybridized carbons (Fsp3) is 0.118. The highest BCUT2D eigenvalue weighted by atomic mass is 16.2. The molecule has 2 heterocycles. The molecule has 0 aliphatic carbocycles. The van der Waals surface area contributed by atoms with Crippen molar-refractivity contribution in [2.24, 2.45) is 0 Å². The van der Waals surface area contributed by atoms with E-state index >= 15 is 0 Å². The summed E-state index contributed by atoms with van der Waals surface area (Å²) < 4.78 is 1.43. The molecular weight excluding hydrogens is 278 g/mol. The molecule has 0 bridgehead atoms. The van der Waals surface area contributed by atoms with Gasteiger partial charge in [-0.1, -0.05) is 23.8 Å². The number of amides is 1. The number of aromatic nitrogens is 2. The third-order valence-corrected chi connectivity index (χ3v) is 3.41. The van der Waals surface area contributed by atoms with Gasteiger partial charge in [0.15, 0.2) is 0 Å². The van der Waals surface area contributed by atoms with Crippen molar-refractivity contribution in [1.29, 1.82) is 0 Å². The van der Waals surface area contributed by atoms with Crippen molar-refractivity contribution in [2.45, 2.75) is 13.8 Å². The molecule has 0 aliphatic heterocycles. The zero-order valence-electron chi connectivity index (χ0n) is 12.3. The predicted octanol–water partition coefficient (Wildman–Crippen LogP) is 2.56. The van der Waals surface area contributed by atoms with E-state index in [9.17, 15) is 9.59 Å². The number of nitrogens with one attached hydrogen (secondary N) is 1. The summed E-state index contributed by atoms with van der Waals surface area (Å²) in [6, 6.07) is 10.8. The van der Waals surface area contributed by atoms with Gasteiger partial charge >= 0.3 is 0 Å². The summed E-state index contributed by atoms with van der Waals surface area (Å²) in [6.45, 7) is 3.84. The molecule has 5 nitrogen and oxygen atoms in total. The Bertz CT molecular complexity index is 911. The minimum absolute atomic E-state index is 0.161. The van der Waals surface area contributed by atoms with E-state index in [-0.39, 0.29) is 17.2 Å². The molecule has 0 aliphatic rings. The summed E-state index contributed by atoms with van der Waals surface area (Å²) in [5.41, 5.74) is 2.92. The monoisotopic (exact) mass is 293 g/mol. The largest absolute Gasteiger partial charge is 0.316 e. The molecule has 0 atom stereocenters. The minimum atomic E-state index is -0.327. The first-order chi connectivity index (χ1) is 10.5. The van der Waals surface area contributed by atoms with Gasteiger partial charge in [-0.25, -0.2) is 4.98 Å². The van der Waals surface area contributed by atoms with E-state index < -0.39 is 0 Å². The number of nitrogens with zero attached hydrogens (tertiary/aromatic N) is 2. The van der Waals surface area contributed by atoms with Crippen LogP contribution in [0.25, 0.3) is 5.65 Å². The molecule has 1 N–H and O–H groups in total. The standard InChI is InChI=1S/C17H15N3O2/c1-11-3-6-13(7-4-11)16(21)19-14-9-18-15-8-5-12(2)10-20(15)17(14)22/h3-10H,1-2H3,(H,19,21). The Balaban J connectivity index is 1.97. The number of pyridine rings is 1. The van der Waals surface area contributed by atoms with Crippen molar-refractivity contribution < 1.29 is 4.79 Å². The summed E-state index contributed by atoms with van der Waals surface area (Å²) in [4.78, 5) is 28.8. The van der Waals surface area contributed by atoms with Crippen LogP contribution in [0.4, 0.5) is 5.69 Å². The zero-order valence-corrected chi connectivity index (χ0v) is 12.3. The fourth-order valence-corrected chi connectivity index (χ4v) is 2.17. The van der Waals surface area contributed by atoms with Crippen molar-refractivity contribution >= 4 is 17.2 Å². The third kappa shape index (κ3) is 2.61. The van der Waals surface area contributed by atoms with Gasteiger partial charge < -0.3 is 5.32 Å². The second-order valence-corrected chi connectivity index (χ2v) is 5.23. The first-order valence-electron chi connectivity index (χ1n) is 6.90. The number of rotatable bonds is 2. The lowest BCUT2D eigenvalue weighted by Crippen LogP contribution is -2.23. The number of hydrogen-bond donors (Lipinski definition) is 1. The number of fused-ring (bicyclic) bond motifs is 1. The van der Waals surface area contributed by atoms with Gasteiger partial charge in [0.1, 0.15) is 11.3 Å². The van der Waals surface area contributed by atoms with Crippen molar-refractivity contribution in [1.82, 2.24) is 9.38 Å². The molecule has 0 saturated carbocycles. The number of hydrogen-bond acceptors (Lipinski definition) is 3. The van der Waals surface area contributed by atoms with E-state index in [4.69, 9.17) is 0 Å². The first kappa shape index (κ1) is 14.0. The predicted molar refractivity (Wildman–Crippen MR) is 85.3 cm³/mol. The van der Waals surface area contributed by atoms with Crippen LogP contribution in [-0.2, 0) is 0 Å². The van der Waals surface area contributed by atoms with Crippen LogP contribution in [0.2, 0.25) is 0 Å². The molecule has 5 heteroatoms. The molecular formula is C17H15N3O2. The van der Waals surface area contributed by atoms with Gasteiger partial charge in [0, 0.05) is 11.8 Å². The highest BCUT2D eigenvalue weighted by Crippen LogP contribution is 2.08. The number of carbonyl (C=O) groups excluding carboxylic acids is 1. The average Bonchev–Trinajstić information content (AvgIpc) is 2.51. The topological polar surface area (TPSA) is 63.5 Å². The SMILES string of the molecule is Cc1ccc(C(=O)Nc2cnc3ccc(C)cn3c2=O)cc1. The summed E-state index contributed by atoms with van der Waals surface area (Å²) >= 11 is 0. The average molecular weight is 293 g/mol. The molecule has 0 unspecified atom stereocenters. The maximum atomic E-state index is 12.4. The van der Waals surface area contributed by atoms with Gasteiger partial charge in [-0.05, 0) is 37.6 Å². The van der Waals surface area contributed by atoms with Gasteiger partial charge in [0.25, 0.3) is 11.5 Å². The Labute approximate surface area is 127 Å². The second kappa shape index (κ2) is 5.44. The van der Waals surface area contributed by atoms with Gasteiger partial charge in [-0.15, -0.1) is 0 Å². The highest BCUT2D eigenvalue weighted by molar-refractivity contribution is 6.04. The van der Waals surface area contributed by atoms with Gasteiger partial charge in [0.2, 0.25) is 0 Å². The van der Waals surface area contributed by atoms with Crippen LogP contribution in [-0.4, -0.2) is 15.3 Å². The normalized spacial score (nSPS) is 10.6. The highest BCUT2D eigenvalue weighted by Gasteiger charge is 2.10. The van der Waals surface area contributed by atoms with E-state index in [1.54, 1.807) is 24.4 Å². The van der Waals surface area contributed by atoms with Crippen LogP contribution in [0.5, 0.6) is 0 Å². The van der Waals surface area contributed by atoms with E-state index in [1.807, 2.05) is 32.0 Å². The Kier molecular flexibility index (Phi) is 3.47. The van der Waals surface area contributed by atoms with E-state index in [2.05, 4.69) is 10.3 Å². The van der Waals surface area contributed by atoms with Crippen LogP contribution < -0.4 is 10.9 Å². The molecule has 0 saturated heterocycles. The fourth-order valence-electron chi connectivity index (χ4n) is 2.17. The van der Waals surface area contributed by atoms with Gasteiger partial charge in [-0.3, -0.25) is 14.0 Å². The Morgan fingerprint density at radius 2 is 1.73 bits per heavy atom. The molecule has 2 aromatic heterocycles. The number of carbonyl (C=O) groups is 1. The molecule has 0 spiro atoms. The van der Waals surface area contributed by atoms with Crippen LogP contribution >= 0.6 is 0 Å². The minimum Gasteiger partial charge on any atom is -0.316 e. The smallest absolute Gasteiger partial charge is 0.281 e. The van der Waals surface area contributed by atoms with Crippen LogP contribution in [0.1, 0.15) is 21.5 Å². The van der Waals surface area contributed by atoms with E-state index in [1.165, 1.54) is 10.6 Å². The Morgan fingerprint density at radius 1 is 1.05 bits per heavy atom. The summed E-state index contributed by atoms with van der Waals surface area (Å²) in [7, 11) is 0. The molecule has 1 aromatic carbocycles. The van der Waals surface area contributed by atoms with E-state index in [0.717, 1.165) is 11.1 Å². The molecule has 3 aromatic rings. The molecule has 22 heavy (non-hydrogen) atoms. The molecule has 1 amide bonds. The summed E-state index contributed by atoms with van der Waals surface area (Å²) in [5.74, 6) is -0.327. The Hall–Kier alpha value is -2.95. The summed E-state index contributed by atoms with van der Waals surface area (Å²) in [5, 5.41) is 2.62. The van der Waals surface area contributed by atoms with Crippen LogP contribution in [0, 0.1) is 13.8 Å². The number of benzene rings is 1. The molecule has 110 valence electrons. The second-order valence-electron chi connectivity index (χ2n) is 5.23. The molecule has 3 rings (SSSR count). The van der Waals surface area contributed by atoms with E-state index in [0.29, 0.717) is 11.2 Å². The van der Waals surface area contributed by atoms with Crippen molar-refractivity contribution in [3.05, 3.63) is 75.8 Å². The quantitative estimate of drug-likeness (QED) is 0.790. The van der Waals surface area contributed by atoms with Gasteiger partial charge in [-0.2, -0.15) is 0 Å². The third-order valence-electron chi connectivity index (χ3n) is 3.41. The number of aryl methyl sites for hydroxylation is 2. The van der Waals surface area contributed by atoms with Gasteiger partial charge in [0.05, 0.1) is 6.20 Å². The Morgan fingerprint density at radius 3 is 2.45 bits per heavy atom. The summed E-state index contributed by atoms with van der Waals surface area (Å²) in [6.07, 6.45) is 3.09. The van der Waals surface area contributed by atoms with Crippen molar-refractivity contribution in [3.8, 4) is 0 Å². The van der Waals surface area contributed by atoms with Crippen molar-refractivity contribution in [3.63, 3.8) is 0 Å².